The molecular weight excluding hydrogens is 545 g/mol. The average Bonchev–Trinajstić information content (AvgIpc) is 2.78. The van der Waals surface area contributed by atoms with E-state index < -0.39 is 16.1 Å². The maximum atomic E-state index is 13.3. The van der Waals surface area contributed by atoms with Crippen LogP contribution in [0.4, 0.5) is 5.69 Å². The number of amides is 2. The molecule has 1 atom stereocenters. The molecule has 0 aliphatic rings. The fourth-order valence-corrected chi connectivity index (χ4v) is 5.18. The molecule has 1 N–H and O–H groups in total. The number of nitrogens with one attached hydrogen (secondary N) is 1. The van der Waals surface area contributed by atoms with E-state index in [0.717, 1.165) is 6.26 Å². The van der Waals surface area contributed by atoms with Crippen molar-refractivity contribution < 1.29 is 18.0 Å². The normalized spacial score (nSPS) is 12.3. The average molecular weight is 577 g/mol. The molecule has 0 heterocycles. The van der Waals surface area contributed by atoms with Crippen LogP contribution in [0.3, 0.4) is 0 Å². The van der Waals surface area contributed by atoms with Gasteiger partial charge in [0.05, 0.1) is 11.9 Å². The number of sulfonamides is 1. The third-order valence-electron chi connectivity index (χ3n) is 5.49. The van der Waals surface area contributed by atoms with E-state index in [9.17, 15) is 18.0 Å². The van der Waals surface area contributed by atoms with Gasteiger partial charge in [0.15, 0.2) is 0 Å². The molecule has 7 nitrogen and oxygen atoms in total. The standard InChI is InChI=1S/C25H32Cl3N3O4S/c1-17(2)15-29-25(33)18(3)30(16-21-22(27)10-6-11-23(21)28)24(32)12-7-13-31(36(4,34)35)20-9-5-8-19(26)14-20/h5-6,8-11,14,17-18H,7,12-13,15-16H2,1-4H3,(H,29,33). The van der Waals surface area contributed by atoms with Crippen molar-refractivity contribution in [2.45, 2.75) is 46.2 Å². The van der Waals surface area contributed by atoms with Gasteiger partial charge < -0.3 is 10.2 Å². The molecule has 0 radical (unpaired) electrons. The van der Waals surface area contributed by atoms with E-state index in [1.807, 2.05) is 13.8 Å². The second-order valence-electron chi connectivity index (χ2n) is 8.96. The van der Waals surface area contributed by atoms with Crippen molar-refractivity contribution in [2.24, 2.45) is 5.92 Å². The quantitative estimate of drug-likeness (QED) is 0.367. The summed E-state index contributed by atoms with van der Waals surface area (Å²) in [5, 5.41) is 4.03. The van der Waals surface area contributed by atoms with E-state index in [0.29, 0.717) is 32.9 Å². The maximum absolute atomic E-state index is 13.3. The van der Waals surface area contributed by atoms with Gasteiger partial charge in [0, 0.05) is 46.7 Å². The van der Waals surface area contributed by atoms with Crippen LogP contribution in [0.15, 0.2) is 42.5 Å². The Hall–Kier alpha value is -2.00. The zero-order valence-electron chi connectivity index (χ0n) is 20.8. The van der Waals surface area contributed by atoms with E-state index in [-0.39, 0.29) is 43.7 Å². The summed E-state index contributed by atoms with van der Waals surface area (Å²) >= 11 is 18.7. The first kappa shape index (κ1) is 30.2. The van der Waals surface area contributed by atoms with E-state index in [1.54, 1.807) is 49.4 Å². The number of rotatable bonds is 12. The third kappa shape index (κ3) is 8.83. The first-order valence-electron chi connectivity index (χ1n) is 11.5. The number of carbonyl (C=O) groups is 2. The van der Waals surface area contributed by atoms with Gasteiger partial charge in [-0.2, -0.15) is 0 Å². The molecule has 2 rings (SSSR count). The number of carbonyl (C=O) groups excluding carboxylic acids is 2. The van der Waals surface area contributed by atoms with Crippen molar-refractivity contribution in [1.82, 2.24) is 10.2 Å². The zero-order valence-corrected chi connectivity index (χ0v) is 23.9. The van der Waals surface area contributed by atoms with E-state index in [1.165, 1.54) is 9.21 Å². The molecule has 0 saturated heterocycles. The smallest absolute Gasteiger partial charge is 0.242 e. The summed E-state index contributed by atoms with van der Waals surface area (Å²) in [6, 6.07) is 10.8. The maximum Gasteiger partial charge on any atom is 0.242 e. The number of nitrogens with zero attached hydrogens (tertiary/aromatic N) is 2. The van der Waals surface area contributed by atoms with Crippen LogP contribution in [-0.2, 0) is 26.2 Å². The molecule has 0 fully saturated rings. The molecule has 198 valence electrons. The van der Waals surface area contributed by atoms with Gasteiger partial charge in [-0.05, 0) is 49.6 Å². The Kier molecular flexibility index (Phi) is 11.3. The Bertz CT molecular complexity index is 1150. The summed E-state index contributed by atoms with van der Waals surface area (Å²) in [7, 11) is -3.61. The Labute approximate surface area is 228 Å². The van der Waals surface area contributed by atoms with Crippen molar-refractivity contribution in [1.29, 1.82) is 0 Å². The van der Waals surface area contributed by atoms with E-state index in [4.69, 9.17) is 34.8 Å². The molecule has 1 unspecified atom stereocenters. The SMILES string of the molecule is CC(C)CNC(=O)C(C)N(Cc1c(Cl)cccc1Cl)C(=O)CCCN(c1cccc(Cl)c1)S(C)(=O)=O. The molecule has 2 aromatic rings. The van der Waals surface area contributed by atoms with Crippen molar-refractivity contribution in [3.8, 4) is 0 Å². The minimum absolute atomic E-state index is 0.0104. The first-order valence-corrected chi connectivity index (χ1v) is 14.5. The molecule has 0 aromatic heterocycles. The van der Waals surface area contributed by atoms with Crippen LogP contribution in [0, 0.1) is 5.92 Å². The topological polar surface area (TPSA) is 86.8 Å². The lowest BCUT2D eigenvalue weighted by atomic mass is 10.1. The molecule has 0 aliphatic heterocycles. The summed E-state index contributed by atoms with van der Waals surface area (Å²) < 4.78 is 26.0. The van der Waals surface area contributed by atoms with Crippen LogP contribution in [0.1, 0.15) is 39.2 Å². The highest BCUT2D eigenvalue weighted by atomic mass is 35.5. The molecule has 2 amide bonds. The molecule has 0 bridgehead atoms. The first-order chi connectivity index (χ1) is 16.8. The van der Waals surface area contributed by atoms with Crippen molar-refractivity contribution in [3.63, 3.8) is 0 Å². The predicted molar refractivity (Wildman–Crippen MR) is 147 cm³/mol. The van der Waals surface area contributed by atoms with Crippen LogP contribution in [-0.4, -0.2) is 50.5 Å². The second-order valence-corrected chi connectivity index (χ2v) is 12.1. The largest absolute Gasteiger partial charge is 0.354 e. The Morgan fingerprint density at radius 3 is 2.17 bits per heavy atom. The van der Waals surface area contributed by atoms with Gasteiger partial charge >= 0.3 is 0 Å². The second kappa shape index (κ2) is 13.5. The number of hydrogen-bond donors (Lipinski definition) is 1. The minimum Gasteiger partial charge on any atom is -0.354 e. The molecule has 11 heteroatoms. The highest BCUT2D eigenvalue weighted by Gasteiger charge is 2.28. The molecule has 0 aliphatic carbocycles. The fourth-order valence-electron chi connectivity index (χ4n) is 3.52. The van der Waals surface area contributed by atoms with Crippen LogP contribution in [0.2, 0.25) is 15.1 Å². The minimum atomic E-state index is -3.61. The van der Waals surface area contributed by atoms with Crippen molar-refractivity contribution in [3.05, 3.63) is 63.1 Å². The Morgan fingerprint density at radius 2 is 1.61 bits per heavy atom. The van der Waals surface area contributed by atoms with Crippen LogP contribution >= 0.6 is 34.8 Å². The van der Waals surface area contributed by atoms with E-state index >= 15 is 0 Å². The van der Waals surface area contributed by atoms with Crippen LogP contribution in [0.5, 0.6) is 0 Å². The number of hydrogen-bond acceptors (Lipinski definition) is 4. The molecule has 0 saturated carbocycles. The molecule has 0 spiro atoms. The lowest BCUT2D eigenvalue weighted by Crippen LogP contribution is -2.48. The zero-order chi connectivity index (χ0) is 27.0. The van der Waals surface area contributed by atoms with Gasteiger partial charge in [-0.1, -0.05) is 60.8 Å². The lowest BCUT2D eigenvalue weighted by molar-refractivity contribution is -0.140. The summed E-state index contributed by atoms with van der Waals surface area (Å²) in [6.07, 6.45) is 1.34. The van der Waals surface area contributed by atoms with Gasteiger partial charge in [-0.3, -0.25) is 13.9 Å². The van der Waals surface area contributed by atoms with Gasteiger partial charge in [0.1, 0.15) is 6.04 Å². The van der Waals surface area contributed by atoms with Gasteiger partial charge in [-0.25, -0.2) is 8.42 Å². The molecular formula is C25H32Cl3N3O4S. The molecule has 2 aromatic carbocycles. The number of benzene rings is 2. The van der Waals surface area contributed by atoms with Crippen molar-refractivity contribution >= 4 is 62.3 Å². The Morgan fingerprint density at radius 1 is 1.00 bits per heavy atom. The van der Waals surface area contributed by atoms with Gasteiger partial charge in [0.2, 0.25) is 21.8 Å². The summed E-state index contributed by atoms with van der Waals surface area (Å²) in [4.78, 5) is 27.6. The van der Waals surface area contributed by atoms with Crippen molar-refractivity contribution in [2.75, 3.05) is 23.7 Å². The van der Waals surface area contributed by atoms with Gasteiger partial charge in [-0.15, -0.1) is 0 Å². The molecule has 36 heavy (non-hydrogen) atoms. The summed E-state index contributed by atoms with van der Waals surface area (Å²) in [5.74, 6) is -0.369. The summed E-state index contributed by atoms with van der Waals surface area (Å²) in [6.45, 7) is 6.18. The highest BCUT2D eigenvalue weighted by molar-refractivity contribution is 7.92. The third-order valence-corrected chi connectivity index (χ3v) is 7.63. The Balaban J connectivity index is 2.22. The van der Waals surface area contributed by atoms with Crippen LogP contribution in [0.25, 0.3) is 0 Å². The lowest BCUT2D eigenvalue weighted by Gasteiger charge is -2.30. The van der Waals surface area contributed by atoms with Crippen LogP contribution < -0.4 is 9.62 Å². The highest BCUT2D eigenvalue weighted by Crippen LogP contribution is 2.27. The predicted octanol–water partition coefficient (Wildman–Crippen LogP) is 5.38. The fraction of sp³-hybridized carbons (Fsp3) is 0.440. The monoisotopic (exact) mass is 575 g/mol. The summed E-state index contributed by atoms with van der Waals surface area (Å²) in [5.41, 5.74) is 0.952. The number of halogens is 3. The number of anilines is 1. The van der Waals surface area contributed by atoms with Gasteiger partial charge in [0.25, 0.3) is 0 Å². The van der Waals surface area contributed by atoms with E-state index in [2.05, 4.69) is 5.32 Å².